The lowest BCUT2D eigenvalue weighted by Gasteiger charge is -2.17. The summed E-state index contributed by atoms with van der Waals surface area (Å²) in [7, 11) is -2.45. The molecular weight excluding hydrogens is 412 g/mol. The van der Waals surface area contributed by atoms with Crippen LogP contribution in [0.5, 0.6) is 0 Å². The molecule has 0 aliphatic carbocycles. The second-order valence-corrected chi connectivity index (χ2v) is 9.02. The highest BCUT2D eigenvalue weighted by Crippen LogP contribution is 2.21. The monoisotopic (exact) mass is 432 g/mol. The molecule has 0 spiro atoms. The summed E-state index contributed by atoms with van der Waals surface area (Å²) in [5.74, 6) is 0.0533. The Morgan fingerprint density at radius 3 is 2.26 bits per heavy atom. The second kappa shape index (κ2) is 8.63. The SMILES string of the molecule is CN(CC(=O)Nc1cnc(-c2ccccc2)nc1)S(=O)(=O)c1ccc2ccccc2c1. The first-order valence-electron chi connectivity index (χ1n) is 9.56. The molecule has 0 unspecified atom stereocenters. The maximum atomic E-state index is 12.9. The quantitative estimate of drug-likeness (QED) is 0.503. The van der Waals surface area contributed by atoms with E-state index in [1.165, 1.54) is 19.4 Å². The van der Waals surface area contributed by atoms with Crippen molar-refractivity contribution < 1.29 is 13.2 Å². The van der Waals surface area contributed by atoms with Gasteiger partial charge in [0.2, 0.25) is 15.9 Å². The van der Waals surface area contributed by atoms with E-state index in [9.17, 15) is 13.2 Å². The Morgan fingerprint density at radius 1 is 0.903 bits per heavy atom. The summed E-state index contributed by atoms with van der Waals surface area (Å²) in [4.78, 5) is 21.0. The van der Waals surface area contributed by atoms with Crippen molar-refractivity contribution in [3.05, 3.63) is 85.2 Å². The van der Waals surface area contributed by atoms with Crippen molar-refractivity contribution in [3.8, 4) is 11.4 Å². The van der Waals surface area contributed by atoms with E-state index in [0.29, 0.717) is 11.5 Å². The molecular formula is C23H20N4O3S. The van der Waals surface area contributed by atoms with Gasteiger partial charge in [-0.2, -0.15) is 4.31 Å². The molecule has 7 nitrogen and oxygen atoms in total. The van der Waals surface area contributed by atoms with Gasteiger partial charge in [0, 0.05) is 12.6 Å². The van der Waals surface area contributed by atoms with Crippen molar-refractivity contribution in [2.75, 3.05) is 18.9 Å². The Labute approximate surface area is 180 Å². The predicted molar refractivity (Wildman–Crippen MR) is 120 cm³/mol. The average Bonchev–Trinajstić information content (AvgIpc) is 2.79. The number of benzene rings is 3. The number of nitrogens with zero attached hydrogens (tertiary/aromatic N) is 3. The normalized spacial score (nSPS) is 11.5. The summed E-state index contributed by atoms with van der Waals surface area (Å²) in [5, 5.41) is 4.40. The number of nitrogens with one attached hydrogen (secondary N) is 1. The lowest BCUT2D eigenvalue weighted by Crippen LogP contribution is -2.35. The summed E-state index contributed by atoms with van der Waals surface area (Å²) in [6, 6.07) is 21.9. The number of fused-ring (bicyclic) bond motifs is 1. The van der Waals surface area contributed by atoms with Gasteiger partial charge >= 0.3 is 0 Å². The molecule has 0 fully saturated rings. The van der Waals surface area contributed by atoms with Crippen molar-refractivity contribution in [2.24, 2.45) is 0 Å². The van der Waals surface area contributed by atoms with Crippen LogP contribution in [0.2, 0.25) is 0 Å². The summed E-state index contributed by atoms with van der Waals surface area (Å²) in [5.41, 5.74) is 1.25. The van der Waals surface area contributed by atoms with Crippen LogP contribution >= 0.6 is 0 Å². The first kappa shape index (κ1) is 20.6. The molecule has 3 aromatic carbocycles. The number of hydrogen-bond acceptors (Lipinski definition) is 5. The van der Waals surface area contributed by atoms with Gasteiger partial charge in [-0.15, -0.1) is 0 Å². The van der Waals surface area contributed by atoms with Crippen molar-refractivity contribution in [3.63, 3.8) is 0 Å². The minimum Gasteiger partial charge on any atom is -0.322 e. The third-order valence-corrected chi connectivity index (χ3v) is 6.56. The topological polar surface area (TPSA) is 92.3 Å². The number of likely N-dealkylation sites (N-methyl/N-ethyl adjacent to an activating group) is 1. The second-order valence-electron chi connectivity index (χ2n) is 6.98. The van der Waals surface area contributed by atoms with Crippen molar-refractivity contribution >= 4 is 32.4 Å². The minimum absolute atomic E-state index is 0.136. The van der Waals surface area contributed by atoms with Crippen LogP contribution in [0.1, 0.15) is 0 Å². The zero-order valence-electron chi connectivity index (χ0n) is 16.8. The Bertz CT molecular complexity index is 1320. The van der Waals surface area contributed by atoms with Gasteiger partial charge in [0.15, 0.2) is 5.82 Å². The van der Waals surface area contributed by atoms with Gasteiger partial charge in [0.1, 0.15) is 0 Å². The fraction of sp³-hybridized carbons (Fsp3) is 0.0870. The van der Waals surface area contributed by atoms with Gasteiger partial charge in [-0.1, -0.05) is 60.7 Å². The van der Waals surface area contributed by atoms with Crippen molar-refractivity contribution in [1.29, 1.82) is 0 Å². The lowest BCUT2D eigenvalue weighted by molar-refractivity contribution is -0.116. The van der Waals surface area contributed by atoms with E-state index in [2.05, 4.69) is 15.3 Å². The van der Waals surface area contributed by atoms with E-state index in [0.717, 1.165) is 20.6 Å². The van der Waals surface area contributed by atoms with E-state index in [1.807, 2.05) is 54.6 Å². The van der Waals surface area contributed by atoms with Crippen LogP contribution in [0.3, 0.4) is 0 Å². The Balaban J connectivity index is 1.43. The molecule has 0 aliphatic rings. The maximum absolute atomic E-state index is 12.9. The zero-order chi connectivity index (χ0) is 21.8. The molecule has 0 aliphatic heterocycles. The van der Waals surface area contributed by atoms with E-state index in [-0.39, 0.29) is 11.4 Å². The molecule has 4 rings (SSSR count). The molecule has 1 amide bonds. The largest absolute Gasteiger partial charge is 0.322 e. The smallest absolute Gasteiger partial charge is 0.243 e. The maximum Gasteiger partial charge on any atom is 0.243 e. The molecule has 0 atom stereocenters. The van der Waals surface area contributed by atoms with Crippen LogP contribution < -0.4 is 5.32 Å². The Morgan fingerprint density at radius 2 is 1.55 bits per heavy atom. The van der Waals surface area contributed by atoms with Gasteiger partial charge in [-0.3, -0.25) is 4.79 Å². The van der Waals surface area contributed by atoms with E-state index in [4.69, 9.17) is 0 Å². The van der Waals surface area contributed by atoms with Gasteiger partial charge in [0.05, 0.1) is 29.5 Å². The number of hydrogen-bond donors (Lipinski definition) is 1. The van der Waals surface area contributed by atoms with Crippen LogP contribution in [0.15, 0.2) is 90.1 Å². The summed E-state index contributed by atoms with van der Waals surface area (Å²) in [6.45, 7) is -0.338. The third kappa shape index (κ3) is 4.60. The van der Waals surface area contributed by atoms with Crippen LogP contribution in [0.4, 0.5) is 5.69 Å². The molecule has 8 heteroatoms. The van der Waals surface area contributed by atoms with E-state index < -0.39 is 15.9 Å². The van der Waals surface area contributed by atoms with Crippen LogP contribution in [-0.4, -0.2) is 42.2 Å². The van der Waals surface area contributed by atoms with Gasteiger partial charge < -0.3 is 5.32 Å². The Kier molecular flexibility index (Phi) is 5.75. The van der Waals surface area contributed by atoms with Crippen LogP contribution in [-0.2, 0) is 14.8 Å². The first-order valence-corrected chi connectivity index (χ1v) is 11.0. The molecule has 0 saturated carbocycles. The standard InChI is InChI=1S/C23H20N4O3S/c1-27(31(29,30)21-12-11-17-7-5-6-10-19(17)13-21)16-22(28)26-20-14-24-23(25-15-20)18-8-3-2-4-9-18/h2-15H,16H2,1H3,(H,26,28). The first-order chi connectivity index (χ1) is 14.9. The van der Waals surface area contributed by atoms with Gasteiger partial charge in [-0.25, -0.2) is 18.4 Å². The van der Waals surface area contributed by atoms with Gasteiger partial charge in [-0.05, 0) is 22.9 Å². The van der Waals surface area contributed by atoms with Crippen LogP contribution in [0.25, 0.3) is 22.2 Å². The number of sulfonamides is 1. The molecule has 1 N–H and O–H groups in total. The molecule has 0 saturated heterocycles. The number of anilines is 1. The fourth-order valence-corrected chi connectivity index (χ4v) is 4.29. The number of carbonyl (C=O) groups excluding carboxylic acids is 1. The number of amides is 1. The molecule has 156 valence electrons. The third-order valence-electron chi connectivity index (χ3n) is 4.76. The molecule has 1 aromatic heterocycles. The highest BCUT2D eigenvalue weighted by Gasteiger charge is 2.23. The summed E-state index contributed by atoms with van der Waals surface area (Å²) in [6.07, 6.45) is 2.98. The molecule has 31 heavy (non-hydrogen) atoms. The van der Waals surface area contributed by atoms with E-state index >= 15 is 0 Å². The Hall–Kier alpha value is -3.62. The number of rotatable bonds is 6. The highest BCUT2D eigenvalue weighted by atomic mass is 32.2. The van der Waals surface area contributed by atoms with Crippen molar-refractivity contribution in [1.82, 2.24) is 14.3 Å². The average molecular weight is 433 g/mol. The van der Waals surface area contributed by atoms with Crippen LogP contribution in [0, 0.1) is 0 Å². The lowest BCUT2D eigenvalue weighted by atomic mass is 10.1. The summed E-state index contributed by atoms with van der Waals surface area (Å²) >= 11 is 0. The number of aromatic nitrogens is 2. The predicted octanol–water partition coefficient (Wildman–Crippen LogP) is 3.56. The van der Waals surface area contributed by atoms with E-state index in [1.54, 1.807) is 18.2 Å². The van der Waals surface area contributed by atoms with Crippen molar-refractivity contribution in [2.45, 2.75) is 4.90 Å². The molecule has 1 heterocycles. The molecule has 4 aromatic rings. The molecule has 0 bridgehead atoms. The highest BCUT2D eigenvalue weighted by molar-refractivity contribution is 7.89. The number of carbonyl (C=O) groups is 1. The molecule has 0 radical (unpaired) electrons. The summed E-state index contributed by atoms with van der Waals surface area (Å²) < 4.78 is 26.8. The van der Waals surface area contributed by atoms with Gasteiger partial charge in [0.25, 0.3) is 0 Å². The minimum atomic E-state index is -3.82. The zero-order valence-corrected chi connectivity index (χ0v) is 17.6. The fourth-order valence-electron chi connectivity index (χ4n) is 3.12.